The number of ether oxygens (including phenoxy) is 1. The zero-order valence-corrected chi connectivity index (χ0v) is 12.9. The van der Waals surface area contributed by atoms with E-state index in [1.54, 1.807) is 6.92 Å². The predicted octanol–water partition coefficient (Wildman–Crippen LogP) is 2.56. The van der Waals surface area contributed by atoms with Gasteiger partial charge in [-0.15, -0.1) is 0 Å². The lowest BCUT2D eigenvalue weighted by Gasteiger charge is -2.21. The van der Waals surface area contributed by atoms with Gasteiger partial charge in [0, 0.05) is 10.9 Å². The van der Waals surface area contributed by atoms with Crippen molar-refractivity contribution >= 4 is 27.5 Å². The number of fused-ring (bicyclic) bond motifs is 1. The van der Waals surface area contributed by atoms with Crippen molar-refractivity contribution in [2.45, 2.75) is 18.2 Å². The number of benzene rings is 1. The van der Waals surface area contributed by atoms with Crippen LogP contribution in [0, 0.1) is 0 Å². The third kappa shape index (κ3) is 2.17. The molecule has 6 nitrogen and oxygen atoms in total. The molecule has 2 rings (SSSR count). The van der Waals surface area contributed by atoms with Crippen molar-refractivity contribution in [3.63, 3.8) is 0 Å². The number of methoxy groups -OCH3 is 1. The van der Waals surface area contributed by atoms with E-state index in [1.807, 2.05) is 0 Å². The fourth-order valence-electron chi connectivity index (χ4n) is 2.22. The van der Waals surface area contributed by atoms with E-state index >= 15 is 0 Å². The first kappa shape index (κ1) is 15.4. The number of carbonyl (C=O) groups excluding carboxylic acids is 2. The van der Waals surface area contributed by atoms with E-state index in [1.165, 1.54) is 7.11 Å². The maximum absolute atomic E-state index is 12.1. The van der Waals surface area contributed by atoms with E-state index < -0.39 is 39.2 Å². The summed E-state index contributed by atoms with van der Waals surface area (Å²) in [5, 5.41) is 30.3. The minimum atomic E-state index is -0.774. The summed E-state index contributed by atoms with van der Waals surface area (Å²) in [5.74, 6) is -3.60. The Morgan fingerprint density at radius 3 is 2.29 bits per heavy atom. The lowest BCUT2D eigenvalue weighted by molar-refractivity contribution is 0.0911. The van der Waals surface area contributed by atoms with Gasteiger partial charge in [0.15, 0.2) is 23.0 Å². The molecule has 112 valence electrons. The first-order valence-electron chi connectivity index (χ1n) is 6.14. The average molecular weight is 357 g/mol. The van der Waals surface area contributed by atoms with E-state index in [0.29, 0.717) is 6.42 Å². The minimum Gasteiger partial charge on any atom is -0.507 e. The summed E-state index contributed by atoms with van der Waals surface area (Å²) in [6, 6.07) is 0. The van der Waals surface area contributed by atoms with Crippen LogP contribution in [0.25, 0.3) is 0 Å². The largest absolute Gasteiger partial charge is 0.507 e. The SMILES string of the molecule is CCC(Br)c1c(O)c(O)c2c(c1O)C(=O)C=C(OC)C2=O. The van der Waals surface area contributed by atoms with Gasteiger partial charge in [-0.3, -0.25) is 9.59 Å². The van der Waals surface area contributed by atoms with Crippen LogP contribution >= 0.6 is 15.9 Å². The molecular formula is C14H13BrO6. The van der Waals surface area contributed by atoms with E-state index in [-0.39, 0.29) is 16.9 Å². The fourth-order valence-corrected chi connectivity index (χ4v) is 2.66. The summed E-state index contributed by atoms with van der Waals surface area (Å²) >= 11 is 3.24. The van der Waals surface area contributed by atoms with Crippen LogP contribution in [0.4, 0.5) is 0 Å². The summed E-state index contributed by atoms with van der Waals surface area (Å²) < 4.78 is 4.77. The zero-order valence-electron chi connectivity index (χ0n) is 11.3. The number of hydrogen-bond donors (Lipinski definition) is 3. The number of halogens is 1. The first-order valence-corrected chi connectivity index (χ1v) is 7.06. The van der Waals surface area contributed by atoms with Crippen molar-refractivity contribution in [2.24, 2.45) is 0 Å². The van der Waals surface area contributed by atoms with E-state index in [2.05, 4.69) is 15.9 Å². The lowest BCUT2D eigenvalue weighted by atomic mass is 9.88. The van der Waals surface area contributed by atoms with Gasteiger partial charge in [0.2, 0.25) is 5.78 Å². The lowest BCUT2D eigenvalue weighted by Crippen LogP contribution is -2.19. The Morgan fingerprint density at radius 2 is 1.76 bits per heavy atom. The maximum atomic E-state index is 12.1. The summed E-state index contributed by atoms with van der Waals surface area (Å²) in [4.78, 5) is 23.7. The van der Waals surface area contributed by atoms with Gasteiger partial charge in [-0.25, -0.2) is 0 Å². The number of carbonyl (C=O) groups is 2. The first-order chi connectivity index (χ1) is 9.84. The third-order valence-electron chi connectivity index (χ3n) is 3.31. The van der Waals surface area contributed by atoms with Crippen molar-refractivity contribution < 1.29 is 29.6 Å². The van der Waals surface area contributed by atoms with Gasteiger partial charge in [0.1, 0.15) is 5.75 Å². The van der Waals surface area contributed by atoms with Crippen molar-refractivity contribution in [1.82, 2.24) is 0 Å². The quantitative estimate of drug-likeness (QED) is 0.436. The fraction of sp³-hybridized carbons (Fsp3) is 0.286. The van der Waals surface area contributed by atoms with Gasteiger partial charge >= 0.3 is 0 Å². The Bertz CT molecular complexity index is 677. The van der Waals surface area contributed by atoms with Crippen molar-refractivity contribution in [1.29, 1.82) is 0 Å². The van der Waals surface area contributed by atoms with E-state index in [0.717, 1.165) is 6.08 Å². The number of ketones is 2. The summed E-state index contributed by atoms with van der Waals surface area (Å²) in [6.07, 6.45) is 1.43. The smallest absolute Gasteiger partial charge is 0.232 e. The van der Waals surface area contributed by atoms with Crippen LogP contribution < -0.4 is 0 Å². The van der Waals surface area contributed by atoms with Crippen molar-refractivity contribution in [3.8, 4) is 17.2 Å². The van der Waals surface area contributed by atoms with Crippen LogP contribution in [0.2, 0.25) is 0 Å². The molecule has 0 bridgehead atoms. The number of aromatic hydroxyl groups is 3. The highest BCUT2D eigenvalue weighted by atomic mass is 79.9. The molecule has 1 atom stereocenters. The van der Waals surface area contributed by atoms with Crippen LogP contribution in [0.15, 0.2) is 11.8 Å². The maximum Gasteiger partial charge on any atom is 0.232 e. The molecule has 0 aromatic heterocycles. The second kappa shape index (κ2) is 5.40. The number of hydrogen-bond acceptors (Lipinski definition) is 6. The highest BCUT2D eigenvalue weighted by Gasteiger charge is 2.37. The molecule has 1 aliphatic rings. The molecule has 7 heteroatoms. The van der Waals surface area contributed by atoms with Crippen LogP contribution in [-0.2, 0) is 4.74 Å². The summed E-state index contributed by atoms with van der Waals surface area (Å²) in [5.41, 5.74) is -0.804. The second-order valence-electron chi connectivity index (χ2n) is 4.49. The molecule has 0 spiro atoms. The Labute approximate surface area is 128 Å². The predicted molar refractivity (Wildman–Crippen MR) is 77.1 cm³/mol. The van der Waals surface area contributed by atoms with Crippen LogP contribution in [0.1, 0.15) is 44.5 Å². The highest BCUT2D eigenvalue weighted by Crippen LogP contribution is 2.50. The Balaban J connectivity index is 2.83. The Kier molecular flexibility index (Phi) is 3.95. The number of allylic oxidation sites excluding steroid dienone is 2. The van der Waals surface area contributed by atoms with Gasteiger partial charge in [-0.1, -0.05) is 22.9 Å². The second-order valence-corrected chi connectivity index (χ2v) is 5.60. The normalized spacial score (nSPS) is 15.5. The van der Waals surface area contributed by atoms with Gasteiger partial charge in [0.25, 0.3) is 0 Å². The van der Waals surface area contributed by atoms with E-state index in [4.69, 9.17) is 4.74 Å². The number of phenolic OH excluding ortho intramolecular Hbond substituents is 3. The van der Waals surface area contributed by atoms with Gasteiger partial charge in [-0.2, -0.15) is 0 Å². The molecule has 0 saturated heterocycles. The molecule has 21 heavy (non-hydrogen) atoms. The van der Waals surface area contributed by atoms with Gasteiger partial charge < -0.3 is 20.1 Å². The van der Waals surface area contributed by atoms with Crippen molar-refractivity contribution in [3.05, 3.63) is 28.5 Å². The van der Waals surface area contributed by atoms with Crippen molar-refractivity contribution in [2.75, 3.05) is 7.11 Å². The number of Topliss-reactive ketones (excluding diaryl/α,β-unsaturated/α-hetero) is 1. The molecule has 1 unspecified atom stereocenters. The molecular weight excluding hydrogens is 344 g/mol. The molecule has 0 heterocycles. The molecule has 1 aliphatic carbocycles. The molecule has 1 aromatic carbocycles. The molecule has 0 radical (unpaired) electrons. The highest BCUT2D eigenvalue weighted by molar-refractivity contribution is 9.09. The molecule has 0 saturated carbocycles. The van der Waals surface area contributed by atoms with Gasteiger partial charge in [-0.05, 0) is 6.42 Å². The molecule has 0 amide bonds. The number of alkyl halides is 1. The van der Waals surface area contributed by atoms with Crippen LogP contribution in [-0.4, -0.2) is 34.0 Å². The van der Waals surface area contributed by atoms with E-state index in [9.17, 15) is 24.9 Å². The average Bonchev–Trinajstić information content (AvgIpc) is 2.46. The zero-order chi connectivity index (χ0) is 15.9. The minimum absolute atomic E-state index is 0.0239. The van der Waals surface area contributed by atoms with Crippen LogP contribution in [0.3, 0.4) is 0 Å². The Morgan fingerprint density at radius 1 is 1.14 bits per heavy atom. The summed E-state index contributed by atoms with van der Waals surface area (Å²) in [6.45, 7) is 1.78. The summed E-state index contributed by atoms with van der Waals surface area (Å²) in [7, 11) is 1.21. The standard InChI is InChI=1S/C14H13BrO6/c1-3-5(15)8-12(18)9-6(16)4-7(21-2)11(17)10(9)14(20)13(8)19/h4-5,18-20H,3H2,1-2H3. The Hall–Kier alpha value is -2.02. The number of rotatable bonds is 3. The molecule has 1 aromatic rings. The molecule has 0 fully saturated rings. The topological polar surface area (TPSA) is 104 Å². The van der Waals surface area contributed by atoms with Gasteiger partial charge in [0.05, 0.1) is 23.8 Å². The van der Waals surface area contributed by atoms with Crippen LogP contribution in [0.5, 0.6) is 17.2 Å². The third-order valence-corrected chi connectivity index (χ3v) is 4.41. The number of phenols is 3. The molecule has 3 N–H and O–H groups in total. The molecule has 0 aliphatic heterocycles. The monoisotopic (exact) mass is 356 g/mol.